The molecule has 4 aromatic rings. The van der Waals surface area contributed by atoms with Crippen molar-refractivity contribution in [2.75, 3.05) is 13.7 Å². The van der Waals surface area contributed by atoms with Crippen LogP contribution >= 0.6 is 11.3 Å². The molecule has 0 aliphatic carbocycles. The van der Waals surface area contributed by atoms with E-state index in [1.54, 1.807) is 36.6 Å². The van der Waals surface area contributed by atoms with Gasteiger partial charge in [-0.05, 0) is 54.0 Å². The van der Waals surface area contributed by atoms with Crippen molar-refractivity contribution in [3.8, 4) is 11.5 Å². The number of aromatic hydroxyl groups is 1. The number of esters is 1. The van der Waals surface area contributed by atoms with Gasteiger partial charge in [0.1, 0.15) is 0 Å². The van der Waals surface area contributed by atoms with Crippen molar-refractivity contribution in [3.05, 3.63) is 103 Å². The van der Waals surface area contributed by atoms with Crippen molar-refractivity contribution >= 4 is 34.2 Å². The average molecular weight is 501 g/mol. The van der Waals surface area contributed by atoms with Gasteiger partial charge in [-0.1, -0.05) is 59.9 Å². The van der Waals surface area contributed by atoms with Crippen LogP contribution in [0.1, 0.15) is 31.0 Å². The fourth-order valence-electron chi connectivity index (χ4n) is 4.51. The number of allylic oxidation sites excluding steroid dienone is 1. The first-order valence-corrected chi connectivity index (χ1v) is 12.3. The zero-order valence-electron chi connectivity index (χ0n) is 20.0. The van der Waals surface area contributed by atoms with Crippen LogP contribution in [0.25, 0.3) is 16.8 Å². The Bertz CT molecular complexity index is 1710. The maximum atomic E-state index is 13.8. The Hall–Kier alpha value is -4.17. The predicted octanol–water partition coefficient (Wildman–Crippen LogP) is 3.67. The van der Waals surface area contributed by atoms with Gasteiger partial charge in [0.05, 0.1) is 35.6 Å². The molecule has 1 aliphatic rings. The van der Waals surface area contributed by atoms with Crippen LogP contribution in [0.5, 0.6) is 11.5 Å². The molecular weight excluding hydrogens is 476 g/mol. The number of methoxy groups -OCH3 is 1. The number of thiazole rings is 1. The lowest BCUT2D eigenvalue weighted by Gasteiger charge is -2.25. The molecule has 0 bridgehead atoms. The van der Waals surface area contributed by atoms with Gasteiger partial charge in [-0.3, -0.25) is 9.36 Å². The number of aromatic nitrogens is 1. The van der Waals surface area contributed by atoms with Gasteiger partial charge >= 0.3 is 5.97 Å². The van der Waals surface area contributed by atoms with E-state index in [0.717, 1.165) is 16.3 Å². The van der Waals surface area contributed by atoms with E-state index in [-0.39, 0.29) is 17.9 Å². The van der Waals surface area contributed by atoms with Crippen LogP contribution < -0.4 is 19.6 Å². The van der Waals surface area contributed by atoms with Crippen molar-refractivity contribution in [1.29, 1.82) is 0 Å². The number of carbonyl (C=O) groups is 1. The summed E-state index contributed by atoms with van der Waals surface area (Å²) >= 11 is 1.25. The van der Waals surface area contributed by atoms with Gasteiger partial charge in [0.2, 0.25) is 0 Å². The second kappa shape index (κ2) is 9.47. The van der Waals surface area contributed by atoms with E-state index in [4.69, 9.17) is 9.47 Å². The Labute approximate surface area is 210 Å². The van der Waals surface area contributed by atoms with Crippen LogP contribution in [-0.4, -0.2) is 29.4 Å². The molecule has 0 spiro atoms. The summed E-state index contributed by atoms with van der Waals surface area (Å²) in [6, 6.07) is 17.9. The molecule has 7 nitrogen and oxygen atoms in total. The number of ether oxygens (including phenoxy) is 2. The standard InChI is InChI=1S/C28H24N2O5S/c1-4-35-27(33)24-16(2)29-28-30(25(24)20-11-7-9-18-8-5-6-10-19(18)20)26(32)23(36-28)15-17-12-13-21(31)22(14-17)34-3/h5-15,25,31H,4H2,1-3H3/b23-15+. The Kier molecular flexibility index (Phi) is 6.20. The van der Waals surface area contributed by atoms with Crippen molar-refractivity contribution in [3.63, 3.8) is 0 Å². The fourth-order valence-corrected chi connectivity index (χ4v) is 5.56. The molecule has 1 N–H and O–H groups in total. The first-order valence-electron chi connectivity index (χ1n) is 11.5. The maximum Gasteiger partial charge on any atom is 0.338 e. The summed E-state index contributed by atoms with van der Waals surface area (Å²) in [5, 5.41) is 11.9. The lowest BCUT2D eigenvalue weighted by Crippen LogP contribution is -2.40. The van der Waals surface area contributed by atoms with Crippen molar-refractivity contribution in [2.24, 2.45) is 4.99 Å². The van der Waals surface area contributed by atoms with Crippen LogP contribution in [-0.2, 0) is 9.53 Å². The monoisotopic (exact) mass is 500 g/mol. The molecule has 2 heterocycles. The van der Waals surface area contributed by atoms with E-state index in [0.29, 0.717) is 31.9 Å². The van der Waals surface area contributed by atoms with Crippen molar-refractivity contribution < 1.29 is 19.4 Å². The Balaban J connectivity index is 1.78. The molecule has 36 heavy (non-hydrogen) atoms. The third kappa shape index (κ3) is 3.99. The lowest BCUT2D eigenvalue weighted by molar-refractivity contribution is -0.139. The lowest BCUT2D eigenvalue weighted by atomic mass is 9.91. The number of nitrogens with zero attached hydrogens (tertiary/aromatic N) is 2. The molecule has 0 saturated heterocycles. The van der Waals surface area contributed by atoms with E-state index < -0.39 is 12.0 Å². The number of fused-ring (bicyclic) bond motifs is 2. The Morgan fingerprint density at radius 1 is 1.17 bits per heavy atom. The smallest absolute Gasteiger partial charge is 0.338 e. The first kappa shape index (κ1) is 23.6. The van der Waals surface area contributed by atoms with Crippen LogP contribution in [0.2, 0.25) is 0 Å². The van der Waals surface area contributed by atoms with Gasteiger partial charge in [-0.25, -0.2) is 9.79 Å². The minimum Gasteiger partial charge on any atom is -0.504 e. The largest absolute Gasteiger partial charge is 0.504 e. The highest BCUT2D eigenvalue weighted by molar-refractivity contribution is 7.07. The summed E-state index contributed by atoms with van der Waals surface area (Å²) in [5.74, 6) is -0.165. The minimum atomic E-state index is -0.692. The van der Waals surface area contributed by atoms with Crippen molar-refractivity contribution in [2.45, 2.75) is 19.9 Å². The second-order valence-electron chi connectivity index (χ2n) is 8.30. The summed E-state index contributed by atoms with van der Waals surface area (Å²) < 4.78 is 12.6. The molecule has 5 rings (SSSR count). The molecule has 0 fully saturated rings. The Morgan fingerprint density at radius 2 is 1.94 bits per heavy atom. The first-order chi connectivity index (χ1) is 17.4. The fraction of sp³-hybridized carbons (Fsp3) is 0.179. The quantitative estimate of drug-likeness (QED) is 0.423. The number of carbonyl (C=O) groups excluding carboxylic acids is 1. The van der Waals surface area contributed by atoms with E-state index in [1.807, 2.05) is 42.5 Å². The summed E-state index contributed by atoms with van der Waals surface area (Å²) in [7, 11) is 1.47. The van der Waals surface area contributed by atoms with E-state index in [9.17, 15) is 14.7 Å². The highest BCUT2D eigenvalue weighted by Crippen LogP contribution is 2.35. The summed E-state index contributed by atoms with van der Waals surface area (Å²) in [6.07, 6.45) is 1.73. The molecule has 3 aromatic carbocycles. The third-order valence-corrected chi connectivity index (χ3v) is 7.12. The molecule has 1 aliphatic heterocycles. The van der Waals surface area contributed by atoms with Gasteiger partial charge in [-0.15, -0.1) is 0 Å². The molecular formula is C28H24N2O5S. The van der Waals surface area contributed by atoms with Gasteiger partial charge in [0.25, 0.3) is 5.56 Å². The van der Waals surface area contributed by atoms with Crippen LogP contribution in [0.15, 0.2) is 81.7 Å². The number of phenolic OH excluding ortho intramolecular Hbond substituents is 1. The van der Waals surface area contributed by atoms with Crippen molar-refractivity contribution in [1.82, 2.24) is 4.57 Å². The molecule has 1 atom stereocenters. The zero-order valence-corrected chi connectivity index (χ0v) is 20.8. The number of benzene rings is 3. The molecule has 0 amide bonds. The van der Waals surface area contributed by atoms with E-state index in [2.05, 4.69) is 4.99 Å². The second-order valence-corrected chi connectivity index (χ2v) is 9.31. The summed E-state index contributed by atoms with van der Waals surface area (Å²) in [5.41, 5.74) is 2.12. The van der Waals surface area contributed by atoms with E-state index in [1.165, 1.54) is 24.5 Å². The highest BCUT2D eigenvalue weighted by Gasteiger charge is 2.34. The van der Waals surface area contributed by atoms with Gasteiger partial charge in [0.15, 0.2) is 16.3 Å². The summed E-state index contributed by atoms with van der Waals surface area (Å²) in [6.45, 7) is 3.74. The minimum absolute atomic E-state index is 0.0155. The maximum absolute atomic E-state index is 13.8. The predicted molar refractivity (Wildman–Crippen MR) is 139 cm³/mol. The van der Waals surface area contributed by atoms with Gasteiger partial charge < -0.3 is 14.6 Å². The number of phenols is 1. The molecule has 0 radical (unpaired) electrons. The topological polar surface area (TPSA) is 90.1 Å². The molecule has 1 aromatic heterocycles. The Morgan fingerprint density at radius 3 is 2.72 bits per heavy atom. The average Bonchev–Trinajstić information content (AvgIpc) is 3.18. The SMILES string of the molecule is CCOC(=O)C1=C(C)N=c2s/c(=C/c3ccc(O)c(OC)c3)c(=O)n2C1c1cccc2ccccc12. The number of rotatable bonds is 5. The van der Waals surface area contributed by atoms with E-state index >= 15 is 0 Å². The molecule has 1 unspecified atom stereocenters. The number of hydrogen-bond donors (Lipinski definition) is 1. The molecule has 0 saturated carbocycles. The normalized spacial score (nSPS) is 15.5. The third-order valence-electron chi connectivity index (χ3n) is 6.14. The van der Waals surface area contributed by atoms with Crippen LogP contribution in [0, 0.1) is 0 Å². The van der Waals surface area contributed by atoms with Crippen LogP contribution in [0.3, 0.4) is 0 Å². The van der Waals surface area contributed by atoms with Crippen LogP contribution in [0.4, 0.5) is 0 Å². The zero-order chi connectivity index (χ0) is 25.4. The molecule has 8 heteroatoms. The summed E-state index contributed by atoms with van der Waals surface area (Å²) in [4.78, 5) is 32.1. The highest BCUT2D eigenvalue weighted by atomic mass is 32.1. The number of hydrogen-bond acceptors (Lipinski definition) is 7. The van der Waals surface area contributed by atoms with Gasteiger partial charge in [0, 0.05) is 0 Å². The van der Waals surface area contributed by atoms with Gasteiger partial charge in [-0.2, -0.15) is 0 Å². The molecule has 182 valence electrons.